The van der Waals surface area contributed by atoms with E-state index >= 15 is 0 Å². The zero-order valence-electron chi connectivity index (χ0n) is 6.70. The van der Waals surface area contributed by atoms with Gasteiger partial charge >= 0.3 is 0 Å². The van der Waals surface area contributed by atoms with Gasteiger partial charge in [-0.1, -0.05) is 24.8 Å². The van der Waals surface area contributed by atoms with Crippen LogP contribution in [-0.2, 0) is 11.2 Å². The van der Waals surface area contributed by atoms with Gasteiger partial charge in [0.15, 0.2) is 0 Å². The average Bonchev–Trinajstić information content (AvgIpc) is 2.52. The van der Waals surface area contributed by atoms with Gasteiger partial charge in [-0.05, 0) is 12.5 Å². The fourth-order valence-electron chi connectivity index (χ4n) is 0.603. The number of carbonyl (C=O) groups excluding carboxylic acids is 1. The summed E-state index contributed by atoms with van der Waals surface area (Å²) >= 11 is 1.37. The Morgan fingerprint density at radius 2 is 2.50 bits per heavy atom. The second kappa shape index (κ2) is 3.96. The molecule has 4 nitrogen and oxygen atoms in total. The van der Waals surface area contributed by atoms with Crippen LogP contribution >= 0.6 is 11.3 Å². The van der Waals surface area contributed by atoms with Crippen molar-refractivity contribution < 1.29 is 4.79 Å². The topological polar surface area (TPSA) is 54.9 Å². The molecule has 0 spiro atoms. The SMILES string of the molecule is C=CC(=O)Nc1nnc(CC)s1. The lowest BCUT2D eigenvalue weighted by Gasteiger charge is -1.91. The molecule has 5 heteroatoms. The van der Waals surface area contributed by atoms with Gasteiger partial charge in [0, 0.05) is 0 Å². The minimum atomic E-state index is -0.256. The second-order valence-electron chi connectivity index (χ2n) is 2.05. The molecule has 0 saturated carbocycles. The molecule has 1 aromatic heterocycles. The van der Waals surface area contributed by atoms with E-state index in [1.807, 2.05) is 6.92 Å². The summed E-state index contributed by atoms with van der Waals surface area (Å²) in [6, 6.07) is 0. The van der Waals surface area contributed by atoms with Gasteiger partial charge < -0.3 is 0 Å². The van der Waals surface area contributed by atoms with E-state index < -0.39 is 0 Å². The molecule has 0 fully saturated rings. The summed E-state index contributed by atoms with van der Waals surface area (Å²) in [5.41, 5.74) is 0. The zero-order valence-corrected chi connectivity index (χ0v) is 7.52. The van der Waals surface area contributed by atoms with Crippen LogP contribution in [0, 0.1) is 0 Å². The monoisotopic (exact) mass is 183 g/mol. The Kier molecular flexibility index (Phi) is 2.93. The van der Waals surface area contributed by atoms with E-state index in [9.17, 15) is 4.79 Å². The van der Waals surface area contributed by atoms with E-state index in [1.54, 1.807) is 0 Å². The Bertz CT molecular complexity index is 295. The molecule has 1 heterocycles. The zero-order chi connectivity index (χ0) is 8.97. The van der Waals surface area contributed by atoms with Crippen molar-refractivity contribution in [1.29, 1.82) is 0 Å². The van der Waals surface area contributed by atoms with Gasteiger partial charge in [-0.2, -0.15) is 0 Å². The Balaban J connectivity index is 2.63. The fourth-order valence-corrected chi connectivity index (χ4v) is 1.29. The third-order valence-corrected chi connectivity index (χ3v) is 2.17. The molecule has 0 aliphatic heterocycles. The minimum absolute atomic E-state index is 0.256. The molecule has 0 unspecified atom stereocenters. The molecule has 0 saturated heterocycles. The van der Waals surface area contributed by atoms with Gasteiger partial charge in [0.2, 0.25) is 11.0 Å². The Morgan fingerprint density at radius 1 is 1.75 bits per heavy atom. The first-order valence-corrected chi connectivity index (χ1v) is 4.33. The van der Waals surface area contributed by atoms with Gasteiger partial charge in [0.1, 0.15) is 5.01 Å². The summed E-state index contributed by atoms with van der Waals surface area (Å²) in [4.78, 5) is 10.8. The lowest BCUT2D eigenvalue weighted by molar-refractivity contribution is -0.111. The second-order valence-corrected chi connectivity index (χ2v) is 3.11. The highest BCUT2D eigenvalue weighted by atomic mass is 32.1. The van der Waals surface area contributed by atoms with Crippen molar-refractivity contribution in [2.24, 2.45) is 0 Å². The number of aryl methyl sites for hydroxylation is 1. The molecule has 0 bridgehead atoms. The molecule has 0 aliphatic rings. The number of nitrogens with one attached hydrogen (secondary N) is 1. The van der Waals surface area contributed by atoms with Crippen molar-refractivity contribution >= 4 is 22.4 Å². The van der Waals surface area contributed by atoms with E-state index in [0.29, 0.717) is 5.13 Å². The summed E-state index contributed by atoms with van der Waals surface area (Å²) in [7, 11) is 0. The van der Waals surface area contributed by atoms with Gasteiger partial charge in [0.25, 0.3) is 0 Å². The number of rotatable bonds is 3. The first kappa shape index (κ1) is 8.86. The minimum Gasteiger partial charge on any atom is -0.297 e. The van der Waals surface area contributed by atoms with E-state index in [-0.39, 0.29) is 5.91 Å². The third kappa shape index (κ3) is 2.13. The highest BCUT2D eigenvalue weighted by Crippen LogP contribution is 2.14. The first-order valence-electron chi connectivity index (χ1n) is 3.52. The van der Waals surface area contributed by atoms with E-state index in [4.69, 9.17) is 0 Å². The molecule has 1 amide bonds. The van der Waals surface area contributed by atoms with Crippen molar-refractivity contribution in [2.45, 2.75) is 13.3 Å². The van der Waals surface area contributed by atoms with E-state index in [0.717, 1.165) is 11.4 Å². The molecular weight excluding hydrogens is 174 g/mol. The van der Waals surface area contributed by atoms with Crippen molar-refractivity contribution in [2.75, 3.05) is 5.32 Å². The summed E-state index contributed by atoms with van der Waals surface area (Å²) in [5.74, 6) is -0.256. The van der Waals surface area contributed by atoms with Crippen molar-refractivity contribution in [3.63, 3.8) is 0 Å². The molecule has 1 N–H and O–H groups in total. The molecule has 12 heavy (non-hydrogen) atoms. The number of nitrogens with zero attached hydrogens (tertiary/aromatic N) is 2. The maximum atomic E-state index is 10.8. The number of hydrogen-bond acceptors (Lipinski definition) is 4. The molecular formula is C7H9N3OS. The number of carbonyl (C=O) groups is 1. The van der Waals surface area contributed by atoms with Crippen LogP contribution in [0.25, 0.3) is 0 Å². The normalized spacial score (nSPS) is 9.42. The molecule has 1 aromatic rings. The van der Waals surface area contributed by atoms with Crippen LogP contribution in [0.3, 0.4) is 0 Å². The van der Waals surface area contributed by atoms with Crippen LogP contribution in [0.2, 0.25) is 0 Å². The summed E-state index contributed by atoms with van der Waals surface area (Å²) in [6.07, 6.45) is 2.04. The van der Waals surface area contributed by atoms with E-state index in [1.165, 1.54) is 17.4 Å². The number of aromatic nitrogens is 2. The molecule has 0 aromatic carbocycles. The van der Waals surface area contributed by atoms with Crippen LogP contribution in [-0.4, -0.2) is 16.1 Å². The maximum absolute atomic E-state index is 10.8. The third-order valence-electron chi connectivity index (χ3n) is 1.18. The van der Waals surface area contributed by atoms with Gasteiger partial charge in [0.05, 0.1) is 0 Å². The van der Waals surface area contributed by atoms with Crippen LogP contribution < -0.4 is 5.32 Å². The van der Waals surface area contributed by atoms with Crippen molar-refractivity contribution in [1.82, 2.24) is 10.2 Å². The molecule has 0 aliphatic carbocycles. The van der Waals surface area contributed by atoms with Crippen molar-refractivity contribution in [3.05, 3.63) is 17.7 Å². The summed E-state index contributed by atoms with van der Waals surface area (Å²) in [5, 5.41) is 11.6. The number of amides is 1. The number of anilines is 1. The predicted molar refractivity (Wildman–Crippen MR) is 48.1 cm³/mol. The predicted octanol–water partition coefficient (Wildman–Crippen LogP) is 1.22. The average molecular weight is 183 g/mol. The molecule has 64 valence electrons. The largest absolute Gasteiger partial charge is 0.297 e. The van der Waals surface area contributed by atoms with Crippen molar-refractivity contribution in [3.8, 4) is 0 Å². The lowest BCUT2D eigenvalue weighted by Crippen LogP contribution is -2.06. The Morgan fingerprint density at radius 3 is 3.00 bits per heavy atom. The standard InChI is InChI=1S/C7H9N3OS/c1-3-5(11)8-7-10-9-6(4-2)12-7/h3H,1,4H2,2H3,(H,8,10,11). The van der Waals surface area contributed by atoms with Gasteiger partial charge in [-0.15, -0.1) is 10.2 Å². The summed E-state index contributed by atoms with van der Waals surface area (Å²) in [6.45, 7) is 5.31. The van der Waals surface area contributed by atoms with Crippen LogP contribution in [0.5, 0.6) is 0 Å². The number of hydrogen-bond donors (Lipinski definition) is 1. The van der Waals surface area contributed by atoms with Gasteiger partial charge in [-0.3, -0.25) is 10.1 Å². The molecule has 0 radical (unpaired) electrons. The first-order chi connectivity index (χ1) is 5.76. The highest BCUT2D eigenvalue weighted by Gasteiger charge is 2.03. The van der Waals surface area contributed by atoms with Crippen LogP contribution in [0.4, 0.5) is 5.13 Å². The Hall–Kier alpha value is -1.23. The van der Waals surface area contributed by atoms with Crippen LogP contribution in [0.1, 0.15) is 11.9 Å². The van der Waals surface area contributed by atoms with Crippen LogP contribution in [0.15, 0.2) is 12.7 Å². The quantitative estimate of drug-likeness (QED) is 0.717. The van der Waals surface area contributed by atoms with E-state index in [2.05, 4.69) is 22.1 Å². The smallest absolute Gasteiger partial charge is 0.249 e. The fraction of sp³-hybridized carbons (Fsp3) is 0.286. The Labute approximate surface area is 74.3 Å². The highest BCUT2D eigenvalue weighted by molar-refractivity contribution is 7.15. The molecule has 1 rings (SSSR count). The molecule has 0 atom stereocenters. The van der Waals surface area contributed by atoms with Gasteiger partial charge in [-0.25, -0.2) is 0 Å². The lowest BCUT2D eigenvalue weighted by atomic mass is 10.5. The maximum Gasteiger partial charge on any atom is 0.249 e. The summed E-state index contributed by atoms with van der Waals surface area (Å²) < 4.78 is 0.